The van der Waals surface area contributed by atoms with Gasteiger partial charge in [0.05, 0.1) is 23.8 Å². The van der Waals surface area contributed by atoms with E-state index in [0.29, 0.717) is 5.69 Å². The molecular formula is C28H27N7O. The van der Waals surface area contributed by atoms with Crippen molar-refractivity contribution in [1.29, 1.82) is 0 Å². The van der Waals surface area contributed by atoms with Gasteiger partial charge in [-0.25, -0.2) is 10.4 Å². The van der Waals surface area contributed by atoms with Crippen molar-refractivity contribution < 1.29 is 5.11 Å². The molecule has 0 unspecified atom stereocenters. The van der Waals surface area contributed by atoms with E-state index in [2.05, 4.69) is 30.8 Å². The third-order valence-corrected chi connectivity index (χ3v) is 5.17. The SMILES string of the molecule is CC(=C/Cc1cccnc1)/N=C(\N)N/N=C/c1ccc(Nc2ccc(-c3cccc(O)c3)cc2)cn1. The molecule has 0 saturated heterocycles. The van der Waals surface area contributed by atoms with Crippen LogP contribution in [0, 0.1) is 0 Å². The standard InChI is InChI=1S/C28H27N7O/c1-20(7-8-21-4-3-15-30-17-21)33-28(29)35-32-19-25-13-14-26(18-31-25)34-24-11-9-22(10-12-24)23-5-2-6-27(36)16-23/h2-7,9-19,34,36H,8H2,1H3,(H3,29,33,35)/b20-7-,32-19+. The summed E-state index contributed by atoms with van der Waals surface area (Å²) in [5.74, 6) is 0.442. The van der Waals surface area contributed by atoms with Crippen LogP contribution in [0.5, 0.6) is 5.75 Å². The highest BCUT2D eigenvalue weighted by molar-refractivity contribution is 5.82. The van der Waals surface area contributed by atoms with Crippen molar-refractivity contribution in [1.82, 2.24) is 15.4 Å². The Hall–Kier alpha value is -4.98. The second-order valence-corrected chi connectivity index (χ2v) is 8.00. The van der Waals surface area contributed by atoms with Gasteiger partial charge in [0.1, 0.15) is 5.75 Å². The predicted octanol–water partition coefficient (Wildman–Crippen LogP) is 4.98. The van der Waals surface area contributed by atoms with Crippen LogP contribution in [-0.2, 0) is 6.42 Å². The van der Waals surface area contributed by atoms with Crippen molar-refractivity contribution in [3.8, 4) is 16.9 Å². The molecule has 0 atom stereocenters. The molecule has 2 aromatic carbocycles. The maximum Gasteiger partial charge on any atom is 0.214 e. The largest absolute Gasteiger partial charge is 0.508 e. The van der Waals surface area contributed by atoms with Crippen molar-refractivity contribution in [2.24, 2.45) is 15.8 Å². The van der Waals surface area contributed by atoms with Crippen LogP contribution in [0.15, 0.2) is 113 Å². The van der Waals surface area contributed by atoms with Gasteiger partial charge in [-0.3, -0.25) is 9.97 Å². The fourth-order valence-corrected chi connectivity index (χ4v) is 3.36. The first kappa shape index (κ1) is 24.2. The highest BCUT2D eigenvalue weighted by Crippen LogP contribution is 2.25. The van der Waals surface area contributed by atoms with Crippen molar-refractivity contribution in [3.05, 3.63) is 114 Å². The Balaban J connectivity index is 1.28. The molecule has 0 aliphatic carbocycles. The lowest BCUT2D eigenvalue weighted by Gasteiger charge is -2.08. The third-order valence-electron chi connectivity index (χ3n) is 5.17. The number of aromatic hydroxyl groups is 1. The molecule has 0 aliphatic heterocycles. The summed E-state index contributed by atoms with van der Waals surface area (Å²) >= 11 is 0. The molecule has 5 N–H and O–H groups in total. The van der Waals surface area contributed by atoms with Crippen LogP contribution < -0.4 is 16.5 Å². The number of allylic oxidation sites excluding steroid dienone is 2. The number of anilines is 2. The van der Waals surface area contributed by atoms with Gasteiger partial charge in [0, 0.05) is 23.8 Å². The zero-order chi connectivity index (χ0) is 25.2. The minimum atomic E-state index is 0.193. The average molecular weight is 478 g/mol. The van der Waals surface area contributed by atoms with E-state index >= 15 is 0 Å². The number of aromatic nitrogens is 2. The van der Waals surface area contributed by atoms with Crippen LogP contribution in [0.1, 0.15) is 18.2 Å². The van der Waals surface area contributed by atoms with Crippen LogP contribution in [0.25, 0.3) is 11.1 Å². The zero-order valence-corrected chi connectivity index (χ0v) is 19.8. The van der Waals surface area contributed by atoms with Gasteiger partial charge in [0.15, 0.2) is 0 Å². The molecule has 0 radical (unpaired) electrons. The highest BCUT2D eigenvalue weighted by atomic mass is 16.3. The summed E-state index contributed by atoms with van der Waals surface area (Å²) in [7, 11) is 0. The fourth-order valence-electron chi connectivity index (χ4n) is 3.36. The molecule has 2 aromatic heterocycles. The second-order valence-electron chi connectivity index (χ2n) is 8.00. The average Bonchev–Trinajstić information content (AvgIpc) is 2.89. The van der Waals surface area contributed by atoms with Crippen molar-refractivity contribution in [3.63, 3.8) is 0 Å². The van der Waals surface area contributed by atoms with E-state index in [4.69, 9.17) is 5.73 Å². The maximum absolute atomic E-state index is 9.67. The molecule has 8 nitrogen and oxygen atoms in total. The number of benzene rings is 2. The van der Waals surface area contributed by atoms with Crippen molar-refractivity contribution in [2.75, 3.05) is 5.32 Å². The van der Waals surface area contributed by atoms with E-state index in [9.17, 15) is 5.11 Å². The third kappa shape index (κ3) is 7.26. The first-order valence-electron chi connectivity index (χ1n) is 11.4. The summed E-state index contributed by atoms with van der Waals surface area (Å²) in [4.78, 5) is 12.8. The van der Waals surface area contributed by atoms with E-state index in [1.807, 2.05) is 79.9 Å². The Morgan fingerprint density at radius 3 is 2.53 bits per heavy atom. The number of nitrogens with zero attached hydrogens (tertiary/aromatic N) is 4. The number of rotatable bonds is 8. The van der Waals surface area contributed by atoms with Gasteiger partial charge in [-0.1, -0.05) is 36.4 Å². The van der Waals surface area contributed by atoms with E-state index in [1.165, 1.54) is 0 Å². The molecule has 4 aromatic rings. The van der Waals surface area contributed by atoms with E-state index in [0.717, 1.165) is 40.2 Å². The van der Waals surface area contributed by atoms with Gasteiger partial charge >= 0.3 is 0 Å². The summed E-state index contributed by atoms with van der Waals surface area (Å²) in [5.41, 5.74) is 14.9. The number of hydrazone groups is 1. The summed E-state index contributed by atoms with van der Waals surface area (Å²) in [6.07, 6.45) is 9.57. The second kappa shape index (κ2) is 11.9. The molecule has 2 heterocycles. The number of nitrogens with one attached hydrogen (secondary N) is 2. The van der Waals surface area contributed by atoms with Gasteiger partial charge in [0.2, 0.25) is 5.96 Å². The summed E-state index contributed by atoms with van der Waals surface area (Å²) in [5, 5.41) is 17.1. The molecule has 180 valence electrons. The number of aliphatic imine (C=N–C) groups is 1. The van der Waals surface area contributed by atoms with Crippen LogP contribution in [0.3, 0.4) is 0 Å². The summed E-state index contributed by atoms with van der Waals surface area (Å²) < 4.78 is 0. The van der Waals surface area contributed by atoms with Gasteiger partial charge in [0.25, 0.3) is 0 Å². The minimum Gasteiger partial charge on any atom is -0.508 e. The van der Waals surface area contributed by atoms with Gasteiger partial charge in [-0.15, -0.1) is 0 Å². The van der Waals surface area contributed by atoms with Crippen molar-refractivity contribution >= 4 is 23.5 Å². The number of phenolic OH excluding ortho intramolecular Hbond substituents is 1. The quantitative estimate of drug-likeness (QED) is 0.161. The number of hydrogen-bond acceptors (Lipinski definition) is 6. The Bertz CT molecular complexity index is 1360. The number of nitrogens with two attached hydrogens (primary N) is 1. The molecule has 0 fully saturated rings. The molecule has 36 heavy (non-hydrogen) atoms. The molecule has 0 saturated carbocycles. The van der Waals surface area contributed by atoms with Crippen LogP contribution >= 0.6 is 0 Å². The van der Waals surface area contributed by atoms with E-state index in [1.54, 1.807) is 30.7 Å². The molecule has 4 rings (SSSR count). The topological polar surface area (TPSA) is 121 Å². The lowest BCUT2D eigenvalue weighted by atomic mass is 10.1. The molecule has 0 spiro atoms. The first-order chi connectivity index (χ1) is 17.5. The Morgan fingerprint density at radius 1 is 0.972 bits per heavy atom. The Morgan fingerprint density at radius 2 is 1.81 bits per heavy atom. The first-order valence-corrected chi connectivity index (χ1v) is 11.4. The lowest BCUT2D eigenvalue weighted by molar-refractivity contribution is 0.475. The Kier molecular flexibility index (Phi) is 8.01. The van der Waals surface area contributed by atoms with Gasteiger partial charge in [-0.2, -0.15) is 5.10 Å². The summed E-state index contributed by atoms with van der Waals surface area (Å²) in [6, 6.07) is 22.8. The highest BCUT2D eigenvalue weighted by Gasteiger charge is 2.01. The number of guanidine groups is 1. The number of pyridine rings is 2. The molecule has 0 aliphatic rings. The van der Waals surface area contributed by atoms with Crippen LogP contribution in [0.2, 0.25) is 0 Å². The van der Waals surface area contributed by atoms with Crippen LogP contribution in [-0.4, -0.2) is 27.2 Å². The monoisotopic (exact) mass is 477 g/mol. The van der Waals surface area contributed by atoms with E-state index in [-0.39, 0.29) is 11.7 Å². The number of phenols is 1. The normalized spacial score (nSPS) is 12.0. The van der Waals surface area contributed by atoms with Gasteiger partial charge in [-0.05, 0) is 72.5 Å². The predicted molar refractivity (Wildman–Crippen MR) is 145 cm³/mol. The van der Waals surface area contributed by atoms with Crippen molar-refractivity contribution in [2.45, 2.75) is 13.3 Å². The summed E-state index contributed by atoms with van der Waals surface area (Å²) in [6.45, 7) is 1.88. The zero-order valence-electron chi connectivity index (χ0n) is 19.8. The maximum atomic E-state index is 9.67. The smallest absolute Gasteiger partial charge is 0.214 e. The Labute approximate surface area is 210 Å². The molecule has 0 bridgehead atoms. The molecular weight excluding hydrogens is 450 g/mol. The number of hydrogen-bond donors (Lipinski definition) is 4. The van der Waals surface area contributed by atoms with Gasteiger partial charge < -0.3 is 16.2 Å². The molecule has 8 heteroatoms. The molecule has 0 amide bonds. The van der Waals surface area contributed by atoms with E-state index < -0.39 is 0 Å². The lowest BCUT2D eigenvalue weighted by Crippen LogP contribution is -2.27. The van der Waals surface area contributed by atoms with Crippen LogP contribution in [0.4, 0.5) is 11.4 Å². The minimum absolute atomic E-state index is 0.193. The fraction of sp³-hybridized carbons (Fsp3) is 0.0714.